The molecule has 3 nitrogen and oxygen atoms in total. The Hall–Kier alpha value is -1.03. The molecular formula is C12H13Cl2N3. The molecule has 0 saturated carbocycles. The molecule has 5 heteroatoms. The monoisotopic (exact) mass is 269 g/mol. The van der Waals surface area contributed by atoms with Gasteiger partial charge in [-0.05, 0) is 25.2 Å². The van der Waals surface area contributed by atoms with E-state index >= 15 is 0 Å². The molecule has 0 bridgehead atoms. The van der Waals surface area contributed by atoms with Crippen LogP contribution in [-0.2, 0) is 13.1 Å². The molecule has 2 aromatic rings. The second kappa shape index (κ2) is 5.54. The van der Waals surface area contributed by atoms with E-state index < -0.39 is 0 Å². The smallest absolute Gasteiger partial charge is 0.0762 e. The first-order chi connectivity index (χ1) is 8.20. The molecule has 0 unspecified atom stereocenters. The van der Waals surface area contributed by atoms with Crippen LogP contribution in [0.25, 0.3) is 0 Å². The summed E-state index contributed by atoms with van der Waals surface area (Å²) in [6.45, 7) is 1.34. The summed E-state index contributed by atoms with van der Waals surface area (Å²) in [7, 11) is 1.89. The highest BCUT2D eigenvalue weighted by molar-refractivity contribution is 6.35. The van der Waals surface area contributed by atoms with Crippen molar-refractivity contribution in [2.75, 3.05) is 7.05 Å². The number of rotatable bonds is 4. The maximum absolute atomic E-state index is 6.11. The number of nitrogens with one attached hydrogen (secondary N) is 1. The number of hydrogen-bond donors (Lipinski definition) is 1. The zero-order valence-corrected chi connectivity index (χ0v) is 11.0. The normalized spacial score (nSPS) is 10.8. The van der Waals surface area contributed by atoms with E-state index in [1.54, 1.807) is 0 Å². The van der Waals surface area contributed by atoms with Gasteiger partial charge in [0.15, 0.2) is 0 Å². The van der Waals surface area contributed by atoms with Gasteiger partial charge in [0.25, 0.3) is 0 Å². The van der Waals surface area contributed by atoms with Crippen molar-refractivity contribution in [2.24, 2.45) is 0 Å². The molecule has 1 heterocycles. The fourth-order valence-corrected chi connectivity index (χ4v) is 2.13. The molecule has 90 valence electrons. The van der Waals surface area contributed by atoms with Gasteiger partial charge in [-0.15, -0.1) is 0 Å². The Balaban J connectivity index is 2.19. The Morgan fingerprint density at radius 3 is 2.59 bits per heavy atom. The Morgan fingerprint density at radius 1 is 1.24 bits per heavy atom. The average Bonchev–Trinajstić information content (AvgIpc) is 2.72. The van der Waals surface area contributed by atoms with Gasteiger partial charge < -0.3 is 5.32 Å². The predicted molar refractivity (Wildman–Crippen MR) is 70.6 cm³/mol. The zero-order chi connectivity index (χ0) is 12.3. The van der Waals surface area contributed by atoms with Gasteiger partial charge in [0, 0.05) is 28.4 Å². The minimum absolute atomic E-state index is 0.586. The molecule has 17 heavy (non-hydrogen) atoms. The Kier molecular flexibility index (Phi) is 4.05. The fraction of sp³-hybridized carbons (Fsp3) is 0.250. The molecule has 0 aliphatic rings. The summed E-state index contributed by atoms with van der Waals surface area (Å²) < 4.78 is 1.83. The van der Waals surface area contributed by atoms with Gasteiger partial charge in [0.05, 0.1) is 12.2 Å². The van der Waals surface area contributed by atoms with Gasteiger partial charge >= 0.3 is 0 Å². The predicted octanol–water partition coefficient (Wildman–Crippen LogP) is 2.96. The highest BCUT2D eigenvalue weighted by Gasteiger charge is 2.07. The van der Waals surface area contributed by atoms with Crippen LogP contribution in [0.2, 0.25) is 10.0 Å². The van der Waals surface area contributed by atoms with Crippen molar-refractivity contribution in [3.63, 3.8) is 0 Å². The quantitative estimate of drug-likeness (QED) is 0.925. The van der Waals surface area contributed by atoms with E-state index in [2.05, 4.69) is 10.4 Å². The second-order valence-corrected chi connectivity index (χ2v) is 4.55. The van der Waals surface area contributed by atoms with Gasteiger partial charge in [-0.25, -0.2) is 0 Å². The van der Waals surface area contributed by atoms with Crippen LogP contribution in [0.5, 0.6) is 0 Å². The molecule has 0 radical (unpaired) electrons. The molecule has 0 spiro atoms. The lowest BCUT2D eigenvalue weighted by molar-refractivity contribution is 0.659. The second-order valence-electron chi connectivity index (χ2n) is 3.74. The molecule has 0 saturated heterocycles. The van der Waals surface area contributed by atoms with Crippen LogP contribution in [0, 0.1) is 0 Å². The summed E-state index contributed by atoms with van der Waals surface area (Å²) in [6, 6.07) is 7.48. The van der Waals surface area contributed by atoms with E-state index in [1.807, 2.05) is 42.2 Å². The largest absolute Gasteiger partial charge is 0.314 e. The minimum Gasteiger partial charge on any atom is -0.314 e. The minimum atomic E-state index is 0.586. The van der Waals surface area contributed by atoms with Crippen LogP contribution in [0.3, 0.4) is 0 Å². The summed E-state index contributed by atoms with van der Waals surface area (Å²) in [6.07, 6.45) is 1.92. The number of aromatic nitrogens is 2. The molecule has 0 amide bonds. The van der Waals surface area contributed by atoms with Crippen LogP contribution in [-0.4, -0.2) is 16.8 Å². The Morgan fingerprint density at radius 2 is 1.94 bits per heavy atom. The molecule has 1 N–H and O–H groups in total. The van der Waals surface area contributed by atoms with Gasteiger partial charge in [-0.2, -0.15) is 5.10 Å². The highest BCUT2D eigenvalue weighted by Crippen LogP contribution is 2.24. The maximum Gasteiger partial charge on any atom is 0.0762 e. The van der Waals surface area contributed by atoms with Crippen LogP contribution in [0.4, 0.5) is 0 Å². The average molecular weight is 270 g/mol. The summed E-state index contributed by atoms with van der Waals surface area (Å²) in [4.78, 5) is 0. The van der Waals surface area contributed by atoms with Gasteiger partial charge in [0.1, 0.15) is 0 Å². The van der Waals surface area contributed by atoms with Crippen LogP contribution < -0.4 is 5.32 Å². The van der Waals surface area contributed by atoms with Crippen molar-refractivity contribution in [2.45, 2.75) is 13.1 Å². The summed E-state index contributed by atoms with van der Waals surface area (Å²) >= 11 is 12.2. The first kappa shape index (κ1) is 12.4. The van der Waals surface area contributed by atoms with Crippen molar-refractivity contribution in [3.8, 4) is 0 Å². The van der Waals surface area contributed by atoms with E-state index in [1.165, 1.54) is 0 Å². The summed E-state index contributed by atoms with van der Waals surface area (Å²) in [5.74, 6) is 0. The van der Waals surface area contributed by atoms with Crippen LogP contribution >= 0.6 is 23.2 Å². The number of benzene rings is 1. The molecule has 0 aliphatic heterocycles. The van der Waals surface area contributed by atoms with Crippen molar-refractivity contribution < 1.29 is 0 Å². The Bertz CT molecular complexity index is 488. The van der Waals surface area contributed by atoms with Gasteiger partial charge in [-0.1, -0.05) is 29.3 Å². The molecule has 0 aliphatic carbocycles. The molecule has 1 aromatic heterocycles. The lowest BCUT2D eigenvalue weighted by Crippen LogP contribution is -2.07. The van der Waals surface area contributed by atoms with Crippen molar-refractivity contribution >= 4 is 23.2 Å². The topological polar surface area (TPSA) is 29.9 Å². The first-order valence-electron chi connectivity index (χ1n) is 5.30. The summed E-state index contributed by atoms with van der Waals surface area (Å²) in [5, 5.41) is 8.81. The zero-order valence-electron chi connectivity index (χ0n) is 9.45. The number of hydrogen-bond acceptors (Lipinski definition) is 2. The number of halogens is 2. The first-order valence-corrected chi connectivity index (χ1v) is 6.06. The van der Waals surface area contributed by atoms with Crippen molar-refractivity contribution in [1.82, 2.24) is 15.1 Å². The maximum atomic E-state index is 6.11. The van der Waals surface area contributed by atoms with Crippen LogP contribution in [0.15, 0.2) is 30.5 Å². The van der Waals surface area contributed by atoms with Crippen LogP contribution in [0.1, 0.15) is 11.3 Å². The lowest BCUT2D eigenvalue weighted by Gasteiger charge is -2.06. The van der Waals surface area contributed by atoms with Gasteiger partial charge in [-0.3, -0.25) is 4.68 Å². The Labute approximate surface area is 110 Å². The standard InChI is InChI=1S/C12H13Cl2N3/c1-15-7-9-5-6-17(16-9)8-10-11(13)3-2-4-12(10)14/h2-6,15H,7-8H2,1H3. The lowest BCUT2D eigenvalue weighted by atomic mass is 10.2. The summed E-state index contributed by atoms with van der Waals surface area (Å²) in [5.41, 5.74) is 1.89. The molecular weight excluding hydrogens is 257 g/mol. The van der Waals surface area contributed by atoms with E-state index in [-0.39, 0.29) is 0 Å². The highest BCUT2D eigenvalue weighted by atomic mass is 35.5. The van der Waals surface area contributed by atoms with E-state index in [9.17, 15) is 0 Å². The third-order valence-electron chi connectivity index (χ3n) is 2.44. The van der Waals surface area contributed by atoms with Gasteiger partial charge in [0.2, 0.25) is 0 Å². The molecule has 0 fully saturated rings. The molecule has 0 atom stereocenters. The van der Waals surface area contributed by atoms with E-state index in [0.717, 1.165) is 17.8 Å². The molecule has 2 rings (SSSR count). The van der Waals surface area contributed by atoms with E-state index in [0.29, 0.717) is 16.6 Å². The van der Waals surface area contributed by atoms with Crippen molar-refractivity contribution in [1.29, 1.82) is 0 Å². The fourth-order valence-electron chi connectivity index (χ4n) is 1.61. The van der Waals surface area contributed by atoms with E-state index in [4.69, 9.17) is 23.2 Å². The van der Waals surface area contributed by atoms with Crippen molar-refractivity contribution in [3.05, 3.63) is 51.8 Å². The third-order valence-corrected chi connectivity index (χ3v) is 3.14. The number of nitrogens with zero attached hydrogens (tertiary/aromatic N) is 2. The molecule has 1 aromatic carbocycles. The third kappa shape index (κ3) is 3.00. The SMILES string of the molecule is CNCc1ccn(Cc2c(Cl)cccc2Cl)n1.